The van der Waals surface area contributed by atoms with Crippen molar-refractivity contribution in [2.75, 3.05) is 13.2 Å². The van der Waals surface area contributed by atoms with Gasteiger partial charge in [-0.05, 0) is 22.3 Å². The Morgan fingerprint density at radius 1 is 1.10 bits per heavy atom. The van der Waals surface area contributed by atoms with Crippen LogP contribution in [0.5, 0.6) is 0 Å². The summed E-state index contributed by atoms with van der Waals surface area (Å²) in [6.07, 6.45) is 0. The molecule has 0 amide bonds. The number of hydrogen-bond acceptors (Lipinski definition) is 4. The van der Waals surface area contributed by atoms with Gasteiger partial charge >= 0.3 is 0 Å². The fourth-order valence-electron chi connectivity index (χ4n) is 3.16. The molecule has 0 saturated carbocycles. The maximum Gasteiger partial charge on any atom is 0.122 e. The molecule has 0 heterocycles. The third kappa shape index (κ3) is 6.88. The molecule has 0 aliphatic heterocycles. The fourth-order valence-corrected chi connectivity index (χ4v) is 3.16. The van der Waals surface area contributed by atoms with Gasteiger partial charge in [0.25, 0.3) is 0 Å². The van der Waals surface area contributed by atoms with Crippen LogP contribution in [0.2, 0.25) is 0 Å². The van der Waals surface area contributed by atoms with Crippen molar-refractivity contribution in [1.29, 1.82) is 0 Å². The first-order valence-electron chi connectivity index (χ1n) is 8.84. The Bertz CT molecular complexity index is 758. The molecule has 1 radical (unpaired) electrons. The van der Waals surface area contributed by atoms with E-state index in [9.17, 15) is 9.59 Å². The molecule has 4 N–H and O–H groups in total. The third-order valence-electron chi connectivity index (χ3n) is 4.51. The van der Waals surface area contributed by atoms with Gasteiger partial charge in [-0.3, -0.25) is 0 Å². The van der Waals surface area contributed by atoms with Crippen molar-refractivity contribution in [3.63, 3.8) is 0 Å². The van der Waals surface area contributed by atoms with Crippen molar-refractivity contribution >= 4 is 12.3 Å². The quantitative estimate of drug-likeness (QED) is 0.455. The van der Waals surface area contributed by atoms with Gasteiger partial charge in [0.2, 0.25) is 0 Å². The van der Waals surface area contributed by atoms with Crippen molar-refractivity contribution < 1.29 is 62.6 Å². The SMILES string of the molecule is CC(C)(C)C(=O)[C@@H]([NH-])CO.O.O=[C-]OCC1c2ccccc2-c2ccccc21.[Ho]. The van der Waals surface area contributed by atoms with E-state index >= 15 is 0 Å². The molecule has 1 aliphatic rings. The minimum atomic E-state index is -0.972. The van der Waals surface area contributed by atoms with Crippen LogP contribution in [0.3, 0.4) is 0 Å². The summed E-state index contributed by atoms with van der Waals surface area (Å²) in [6, 6.07) is 15.5. The number of benzene rings is 2. The number of nitrogens with one attached hydrogen (secondary N) is 1. The molecule has 6 nitrogen and oxygen atoms in total. The number of aliphatic hydroxyl groups excluding tert-OH is 1. The van der Waals surface area contributed by atoms with E-state index in [2.05, 4.69) is 24.3 Å². The Morgan fingerprint density at radius 3 is 1.90 bits per heavy atom. The molecule has 0 bridgehead atoms. The Kier molecular flexibility index (Phi) is 11.9. The monoisotopic (exact) mass is 550 g/mol. The first kappa shape index (κ1) is 27.7. The predicted molar refractivity (Wildman–Crippen MR) is 109 cm³/mol. The van der Waals surface area contributed by atoms with Gasteiger partial charge in [0.05, 0.1) is 6.61 Å². The standard InChI is InChI=1S/C15H11O2.C7H14NO2.Ho.H2O/c16-10-17-9-15-13-7-3-1-5-11(13)12-6-2-4-8-14(12)15;1-7(2,3)6(10)5(8)4-9;;/h1-8,15H,9H2;5,8-9H,4H2,1-3H3;;1H2/q2*-1;;/t;5-;;/m.0../s1. The van der Waals surface area contributed by atoms with Gasteiger partial charge in [0.15, 0.2) is 0 Å². The zero-order chi connectivity index (χ0) is 20.0. The van der Waals surface area contributed by atoms with E-state index in [1.165, 1.54) is 28.7 Å². The summed E-state index contributed by atoms with van der Waals surface area (Å²) >= 11 is 0. The number of fused-ring (bicyclic) bond motifs is 3. The average Bonchev–Trinajstić information content (AvgIpc) is 2.99. The molecule has 1 aliphatic carbocycles. The number of Topliss-reactive ketones (excluding diaryl/α,β-unsaturated/α-hetero) is 1. The van der Waals surface area contributed by atoms with Crippen LogP contribution < -0.4 is 0 Å². The number of carbonyl (C=O) groups excluding carboxylic acids is 2. The number of ether oxygens (including phenoxy) is 1. The van der Waals surface area contributed by atoms with Crippen molar-refractivity contribution in [1.82, 2.24) is 0 Å². The minimum absolute atomic E-state index is 0. The molecule has 7 heteroatoms. The van der Waals surface area contributed by atoms with Crippen LogP contribution in [0.1, 0.15) is 37.8 Å². The van der Waals surface area contributed by atoms with Crippen molar-refractivity contribution in [3.8, 4) is 11.1 Å². The van der Waals surface area contributed by atoms with E-state index in [-0.39, 0.29) is 61.5 Å². The summed E-state index contributed by atoms with van der Waals surface area (Å²) < 4.78 is 4.83. The van der Waals surface area contributed by atoms with Gasteiger partial charge in [0, 0.05) is 55.7 Å². The van der Waals surface area contributed by atoms with Gasteiger partial charge in [-0.2, -0.15) is 0 Å². The molecule has 0 aromatic heterocycles. The summed E-state index contributed by atoms with van der Waals surface area (Å²) in [5.74, 6) is -0.0705. The van der Waals surface area contributed by atoms with Gasteiger partial charge in [-0.25, -0.2) is 0 Å². The van der Waals surface area contributed by atoms with Crippen LogP contribution in [0.15, 0.2) is 48.5 Å². The van der Waals surface area contributed by atoms with Gasteiger partial charge < -0.3 is 30.6 Å². The van der Waals surface area contributed by atoms with Crippen LogP contribution in [0.4, 0.5) is 0 Å². The topological polar surface area (TPSA) is 119 Å². The summed E-state index contributed by atoms with van der Waals surface area (Å²) in [5, 5.41) is 8.46. The largest absolute Gasteiger partial charge is 0.667 e. The molecule has 0 spiro atoms. The Morgan fingerprint density at radius 2 is 1.55 bits per heavy atom. The van der Waals surface area contributed by atoms with Crippen LogP contribution in [-0.4, -0.2) is 42.1 Å². The number of hydrogen-bond donors (Lipinski definition) is 1. The van der Waals surface area contributed by atoms with E-state index in [1.54, 1.807) is 20.8 Å². The minimum Gasteiger partial charge on any atom is -0.667 e. The summed E-state index contributed by atoms with van der Waals surface area (Å²) in [5.41, 5.74) is 11.5. The number of ketones is 1. The smallest absolute Gasteiger partial charge is 0.122 e. The molecule has 2 aromatic rings. The Balaban J connectivity index is 0.000000576. The second-order valence-corrected chi connectivity index (χ2v) is 7.47. The van der Waals surface area contributed by atoms with Crippen molar-refractivity contribution in [2.24, 2.45) is 5.41 Å². The van der Waals surface area contributed by atoms with Crippen molar-refractivity contribution in [3.05, 3.63) is 65.4 Å². The maximum absolute atomic E-state index is 11.0. The number of aliphatic hydroxyl groups is 1. The van der Waals surface area contributed by atoms with Crippen LogP contribution in [0.25, 0.3) is 16.9 Å². The Labute approximate surface area is 201 Å². The van der Waals surface area contributed by atoms with E-state index in [0.717, 1.165) is 0 Å². The zero-order valence-electron chi connectivity index (χ0n) is 16.7. The van der Waals surface area contributed by atoms with Crippen LogP contribution in [-0.2, 0) is 14.3 Å². The fraction of sp³-hybridized carbons (Fsp3) is 0.364. The van der Waals surface area contributed by atoms with Gasteiger partial charge in [-0.15, -0.1) is 0 Å². The Hall–Kier alpha value is -1.28. The molecule has 0 fully saturated rings. The summed E-state index contributed by atoms with van der Waals surface area (Å²) in [4.78, 5) is 21.3. The maximum atomic E-state index is 11.0. The number of carbonyl (C=O) groups is 1. The summed E-state index contributed by atoms with van der Waals surface area (Å²) in [6.45, 7) is 6.71. The van der Waals surface area contributed by atoms with E-state index in [0.29, 0.717) is 6.61 Å². The first-order chi connectivity index (χ1) is 12.8. The predicted octanol–water partition coefficient (Wildman–Crippen LogP) is 3.07. The van der Waals surface area contributed by atoms with E-state index < -0.39 is 11.5 Å². The zero-order valence-corrected chi connectivity index (χ0v) is 18.6. The van der Waals surface area contributed by atoms with Crippen LogP contribution >= 0.6 is 0 Å². The van der Waals surface area contributed by atoms with E-state index in [1.807, 2.05) is 24.3 Å². The molecule has 3 rings (SSSR count). The summed E-state index contributed by atoms with van der Waals surface area (Å²) in [7, 11) is 0. The second kappa shape index (κ2) is 12.4. The average molecular weight is 550 g/mol. The number of rotatable bonds is 5. The van der Waals surface area contributed by atoms with Crippen molar-refractivity contribution in [2.45, 2.75) is 32.7 Å². The molecule has 163 valence electrons. The van der Waals surface area contributed by atoms with Gasteiger partial charge in [0.1, 0.15) is 5.78 Å². The first-order valence-corrected chi connectivity index (χ1v) is 8.84. The third-order valence-corrected chi connectivity index (χ3v) is 4.51. The molecule has 1 atom stereocenters. The molecule has 29 heavy (non-hydrogen) atoms. The van der Waals surface area contributed by atoms with Crippen LogP contribution in [0, 0.1) is 43.2 Å². The molecule has 0 saturated heterocycles. The molecular formula is C22H27HoNO5-2. The molecule has 0 unspecified atom stereocenters. The van der Waals surface area contributed by atoms with E-state index in [4.69, 9.17) is 15.6 Å². The molecule has 2 aromatic carbocycles. The normalized spacial score (nSPS) is 12.7. The van der Waals surface area contributed by atoms with Gasteiger partial charge in [-0.1, -0.05) is 81.8 Å². The molecular weight excluding hydrogens is 523 g/mol. The second-order valence-electron chi connectivity index (χ2n) is 7.47.